The molecule has 0 bridgehead atoms. The molecule has 0 radical (unpaired) electrons. The number of carbonyl (C=O) groups excluding carboxylic acids is 1. The Balaban J connectivity index is 1.63. The average Bonchev–Trinajstić information content (AvgIpc) is 3.25. The normalized spacial score (nSPS) is 15.5. The van der Waals surface area contributed by atoms with E-state index in [1.54, 1.807) is 0 Å². The lowest BCUT2D eigenvalue weighted by molar-refractivity contribution is 0.0377. The molecule has 1 aromatic heterocycles. The lowest BCUT2D eigenvalue weighted by atomic mass is 9.99. The highest BCUT2D eigenvalue weighted by Crippen LogP contribution is 2.40. The predicted molar refractivity (Wildman–Crippen MR) is 96.4 cm³/mol. The lowest BCUT2D eigenvalue weighted by Gasteiger charge is -2.15. The van der Waals surface area contributed by atoms with Crippen molar-refractivity contribution in [2.75, 3.05) is 5.32 Å². The van der Waals surface area contributed by atoms with Gasteiger partial charge in [-0.3, -0.25) is 0 Å². The van der Waals surface area contributed by atoms with Gasteiger partial charge in [0, 0.05) is 11.1 Å². The molecule has 0 spiro atoms. The number of ether oxygens (including phenoxy) is 1. The van der Waals surface area contributed by atoms with Crippen molar-refractivity contribution in [3.63, 3.8) is 0 Å². The molecule has 2 aromatic rings. The second-order valence-electron chi connectivity index (χ2n) is 6.85. The first-order valence-corrected chi connectivity index (χ1v) is 9.60. The summed E-state index contributed by atoms with van der Waals surface area (Å²) in [5.41, 5.74) is 7.15. The van der Waals surface area contributed by atoms with Crippen LogP contribution < -0.4 is 5.32 Å². The highest BCUT2D eigenvalue weighted by molar-refractivity contribution is 7.12. The number of hydrogen-bond donors (Lipinski definition) is 1. The molecule has 1 N–H and O–H groups in total. The van der Waals surface area contributed by atoms with Crippen LogP contribution in [0, 0.1) is 0 Å². The number of esters is 1. The molecule has 0 saturated heterocycles. The molecule has 4 rings (SSSR count). The molecule has 0 fully saturated rings. The van der Waals surface area contributed by atoms with Gasteiger partial charge in [-0.2, -0.15) is 0 Å². The number of carbonyl (C=O) groups is 1. The number of anilines is 2. The van der Waals surface area contributed by atoms with E-state index >= 15 is 0 Å². The van der Waals surface area contributed by atoms with Crippen LogP contribution in [-0.2, 0) is 30.4 Å². The Morgan fingerprint density at radius 2 is 1.83 bits per heavy atom. The average molecular weight is 342 g/mol. The summed E-state index contributed by atoms with van der Waals surface area (Å²) in [6.07, 6.45) is 6.97. The molecular formula is C19H22N2O2S. The van der Waals surface area contributed by atoms with Gasteiger partial charge in [-0.1, -0.05) is 6.07 Å². The van der Waals surface area contributed by atoms with Gasteiger partial charge in [0.15, 0.2) is 0 Å². The molecular weight excluding hydrogens is 320 g/mol. The number of nitrogens with zero attached hydrogens (tertiary/aromatic N) is 1. The SMILES string of the molecule is CC(C)OC(=O)c1nc(Nc2c3c(cc4c2CCC4)CCC3)cs1. The van der Waals surface area contributed by atoms with E-state index in [0.717, 1.165) is 18.7 Å². The van der Waals surface area contributed by atoms with Crippen LogP contribution in [0.25, 0.3) is 0 Å². The third-order valence-electron chi connectivity index (χ3n) is 4.75. The summed E-state index contributed by atoms with van der Waals surface area (Å²) >= 11 is 1.34. The fraction of sp³-hybridized carbons (Fsp3) is 0.474. The Morgan fingerprint density at radius 1 is 1.17 bits per heavy atom. The molecule has 2 aliphatic carbocycles. The number of aromatic nitrogens is 1. The number of hydrogen-bond acceptors (Lipinski definition) is 5. The molecule has 126 valence electrons. The van der Waals surface area contributed by atoms with E-state index in [4.69, 9.17) is 4.74 Å². The number of nitrogens with one attached hydrogen (secondary N) is 1. The highest BCUT2D eigenvalue weighted by atomic mass is 32.1. The van der Waals surface area contributed by atoms with Crippen molar-refractivity contribution in [2.45, 2.75) is 58.5 Å². The van der Waals surface area contributed by atoms with Crippen molar-refractivity contribution in [2.24, 2.45) is 0 Å². The van der Waals surface area contributed by atoms with Crippen molar-refractivity contribution in [1.29, 1.82) is 0 Å². The van der Waals surface area contributed by atoms with Crippen molar-refractivity contribution < 1.29 is 9.53 Å². The Bertz CT molecular complexity index is 763. The van der Waals surface area contributed by atoms with Gasteiger partial charge in [-0.25, -0.2) is 9.78 Å². The molecule has 4 nitrogen and oxygen atoms in total. The fourth-order valence-corrected chi connectivity index (χ4v) is 4.41. The second kappa shape index (κ2) is 6.20. The van der Waals surface area contributed by atoms with Crippen LogP contribution in [0.2, 0.25) is 0 Å². The molecule has 2 aliphatic rings. The van der Waals surface area contributed by atoms with Crippen LogP contribution in [0.4, 0.5) is 11.5 Å². The Hall–Kier alpha value is -1.88. The smallest absolute Gasteiger partial charge is 0.367 e. The van der Waals surface area contributed by atoms with Crippen molar-refractivity contribution >= 4 is 28.8 Å². The molecule has 0 saturated carbocycles. The Labute approximate surface area is 146 Å². The van der Waals surface area contributed by atoms with Gasteiger partial charge < -0.3 is 10.1 Å². The summed E-state index contributed by atoms with van der Waals surface area (Å²) in [5, 5.41) is 5.85. The quantitative estimate of drug-likeness (QED) is 0.835. The van der Waals surface area contributed by atoms with E-state index in [-0.39, 0.29) is 12.1 Å². The highest BCUT2D eigenvalue weighted by Gasteiger charge is 2.24. The van der Waals surface area contributed by atoms with Gasteiger partial charge in [0.25, 0.3) is 0 Å². The topological polar surface area (TPSA) is 51.2 Å². The maximum Gasteiger partial charge on any atom is 0.367 e. The Kier molecular flexibility index (Phi) is 4.04. The number of aryl methyl sites for hydroxylation is 2. The van der Waals surface area contributed by atoms with Crippen LogP contribution in [0.5, 0.6) is 0 Å². The van der Waals surface area contributed by atoms with E-state index in [1.807, 2.05) is 19.2 Å². The standard InChI is InChI=1S/C19H22N2O2S/c1-11(2)23-19(22)18-21-16(10-24-18)20-17-14-7-3-5-12(14)9-13-6-4-8-15(13)17/h9-11,20H,3-8H2,1-2H3. The monoisotopic (exact) mass is 342 g/mol. The maximum atomic E-state index is 12.0. The molecule has 0 amide bonds. The zero-order valence-corrected chi connectivity index (χ0v) is 15.0. The summed E-state index contributed by atoms with van der Waals surface area (Å²) in [4.78, 5) is 16.4. The minimum Gasteiger partial charge on any atom is -0.458 e. The molecule has 24 heavy (non-hydrogen) atoms. The van der Waals surface area contributed by atoms with Gasteiger partial charge in [-0.15, -0.1) is 11.3 Å². The third kappa shape index (κ3) is 2.81. The summed E-state index contributed by atoms with van der Waals surface area (Å²) < 4.78 is 5.23. The molecule has 0 atom stereocenters. The summed E-state index contributed by atoms with van der Waals surface area (Å²) in [7, 11) is 0. The lowest BCUT2D eigenvalue weighted by Crippen LogP contribution is -2.11. The third-order valence-corrected chi connectivity index (χ3v) is 5.57. The predicted octanol–water partition coefficient (Wildman–Crippen LogP) is 4.43. The number of benzene rings is 1. The molecule has 0 unspecified atom stereocenters. The van der Waals surface area contributed by atoms with Crippen molar-refractivity contribution in [3.05, 3.63) is 38.7 Å². The van der Waals surface area contributed by atoms with Gasteiger partial charge in [0.2, 0.25) is 5.01 Å². The fourth-order valence-electron chi connectivity index (χ4n) is 3.78. The minimum absolute atomic E-state index is 0.126. The molecule has 1 aromatic carbocycles. The van der Waals surface area contributed by atoms with Crippen molar-refractivity contribution in [1.82, 2.24) is 4.98 Å². The zero-order valence-electron chi connectivity index (χ0n) is 14.1. The Morgan fingerprint density at radius 3 is 2.46 bits per heavy atom. The first-order valence-electron chi connectivity index (χ1n) is 8.72. The molecule has 1 heterocycles. The largest absolute Gasteiger partial charge is 0.458 e. The summed E-state index contributed by atoms with van der Waals surface area (Å²) in [5.74, 6) is 0.414. The molecule has 0 aliphatic heterocycles. The first kappa shape index (κ1) is 15.6. The maximum absolute atomic E-state index is 12.0. The van der Waals surface area contributed by atoms with Crippen LogP contribution in [0.1, 0.15) is 58.7 Å². The van der Waals surface area contributed by atoms with Gasteiger partial charge in [0.1, 0.15) is 5.82 Å². The van der Waals surface area contributed by atoms with Crippen LogP contribution in [0.3, 0.4) is 0 Å². The van der Waals surface area contributed by atoms with E-state index < -0.39 is 0 Å². The van der Waals surface area contributed by atoms with Gasteiger partial charge in [0.05, 0.1) is 6.10 Å². The van der Waals surface area contributed by atoms with E-state index in [9.17, 15) is 4.79 Å². The number of thiazole rings is 1. The van der Waals surface area contributed by atoms with Crippen LogP contribution in [-0.4, -0.2) is 17.1 Å². The first-order chi connectivity index (χ1) is 11.6. The second-order valence-corrected chi connectivity index (χ2v) is 7.71. The minimum atomic E-state index is -0.341. The number of rotatable bonds is 4. The van der Waals surface area contributed by atoms with E-state index in [2.05, 4.69) is 16.4 Å². The van der Waals surface area contributed by atoms with Crippen LogP contribution in [0.15, 0.2) is 11.4 Å². The van der Waals surface area contributed by atoms with E-state index in [0.29, 0.717) is 5.01 Å². The number of fused-ring (bicyclic) bond motifs is 2. The summed E-state index contributed by atoms with van der Waals surface area (Å²) in [6, 6.07) is 2.42. The van der Waals surface area contributed by atoms with Crippen molar-refractivity contribution in [3.8, 4) is 0 Å². The van der Waals surface area contributed by atoms with E-state index in [1.165, 1.54) is 65.0 Å². The van der Waals surface area contributed by atoms with Gasteiger partial charge in [-0.05, 0) is 74.6 Å². The van der Waals surface area contributed by atoms with Crippen LogP contribution >= 0.6 is 11.3 Å². The zero-order chi connectivity index (χ0) is 16.7. The van der Waals surface area contributed by atoms with Gasteiger partial charge >= 0.3 is 5.97 Å². The molecule has 5 heteroatoms. The summed E-state index contributed by atoms with van der Waals surface area (Å²) in [6.45, 7) is 3.70.